The molecule has 0 bridgehead atoms. The number of carboxylic acids is 1. The number of hydrogen-bond acceptors (Lipinski definition) is 3. The van der Waals surface area contributed by atoms with Crippen LogP contribution in [0.3, 0.4) is 0 Å². The maximum atomic E-state index is 10.9. The van der Waals surface area contributed by atoms with E-state index in [0.29, 0.717) is 11.5 Å². The zero-order valence-corrected chi connectivity index (χ0v) is 10.5. The van der Waals surface area contributed by atoms with Crippen LogP contribution in [-0.4, -0.2) is 30.3 Å². The number of aryl methyl sites for hydroxylation is 1. The number of H-pyrrole nitrogens is 1. The average molecular weight is 249 g/mol. The standard InChI is InChI=1S/C13H15NO4/c1-7-8(5-13(15)16)9-4-11(17-2)12(18-3)6-10(9)14-7/h4,6,14H,5H2,1-3H3,(H,15,16). The van der Waals surface area contributed by atoms with E-state index in [2.05, 4.69) is 4.98 Å². The molecule has 2 aromatic rings. The summed E-state index contributed by atoms with van der Waals surface area (Å²) in [6.07, 6.45) is -0.0126. The molecule has 1 heterocycles. The van der Waals surface area contributed by atoms with Crippen molar-refractivity contribution in [1.82, 2.24) is 4.98 Å². The second-order valence-electron chi connectivity index (χ2n) is 4.05. The number of carbonyl (C=O) groups is 1. The monoisotopic (exact) mass is 249 g/mol. The van der Waals surface area contributed by atoms with Gasteiger partial charge in [0.05, 0.1) is 20.6 Å². The van der Waals surface area contributed by atoms with Crippen molar-refractivity contribution in [2.75, 3.05) is 14.2 Å². The van der Waals surface area contributed by atoms with E-state index in [-0.39, 0.29) is 6.42 Å². The van der Waals surface area contributed by atoms with Gasteiger partial charge in [-0.3, -0.25) is 4.79 Å². The van der Waals surface area contributed by atoms with Gasteiger partial charge in [-0.05, 0) is 18.6 Å². The first-order valence-electron chi connectivity index (χ1n) is 5.51. The molecule has 18 heavy (non-hydrogen) atoms. The van der Waals surface area contributed by atoms with Gasteiger partial charge in [0.15, 0.2) is 11.5 Å². The quantitative estimate of drug-likeness (QED) is 0.870. The lowest BCUT2D eigenvalue weighted by atomic mass is 10.1. The Bertz CT molecular complexity index is 601. The van der Waals surface area contributed by atoms with Crippen LogP contribution in [0.15, 0.2) is 12.1 Å². The van der Waals surface area contributed by atoms with Crippen LogP contribution in [0.25, 0.3) is 10.9 Å². The second-order valence-corrected chi connectivity index (χ2v) is 4.05. The maximum Gasteiger partial charge on any atom is 0.307 e. The third-order valence-corrected chi connectivity index (χ3v) is 2.95. The third-order valence-electron chi connectivity index (χ3n) is 2.95. The van der Waals surface area contributed by atoms with E-state index in [1.807, 2.05) is 13.0 Å². The van der Waals surface area contributed by atoms with E-state index in [1.54, 1.807) is 20.3 Å². The molecule has 96 valence electrons. The van der Waals surface area contributed by atoms with Gasteiger partial charge in [-0.1, -0.05) is 0 Å². The highest BCUT2D eigenvalue weighted by Gasteiger charge is 2.15. The predicted molar refractivity (Wildman–Crippen MR) is 67.5 cm³/mol. The van der Waals surface area contributed by atoms with E-state index >= 15 is 0 Å². The van der Waals surface area contributed by atoms with Gasteiger partial charge in [0.1, 0.15) is 0 Å². The molecule has 1 aromatic carbocycles. The van der Waals surface area contributed by atoms with Gasteiger partial charge in [-0.25, -0.2) is 0 Å². The fourth-order valence-electron chi connectivity index (χ4n) is 2.09. The number of benzene rings is 1. The molecule has 2 N–H and O–H groups in total. The number of fused-ring (bicyclic) bond motifs is 1. The highest BCUT2D eigenvalue weighted by atomic mass is 16.5. The highest BCUT2D eigenvalue weighted by molar-refractivity contribution is 5.90. The lowest BCUT2D eigenvalue weighted by molar-refractivity contribution is -0.136. The van der Waals surface area contributed by atoms with E-state index in [4.69, 9.17) is 14.6 Å². The molecule has 0 aliphatic heterocycles. The Morgan fingerprint density at radius 1 is 1.28 bits per heavy atom. The molecule has 0 atom stereocenters. The van der Waals surface area contributed by atoms with Crippen molar-refractivity contribution in [1.29, 1.82) is 0 Å². The van der Waals surface area contributed by atoms with Crippen LogP contribution < -0.4 is 9.47 Å². The number of methoxy groups -OCH3 is 2. The minimum absolute atomic E-state index is 0.0126. The molecule has 1 aromatic heterocycles. The normalized spacial score (nSPS) is 10.6. The van der Waals surface area contributed by atoms with Crippen LogP contribution >= 0.6 is 0 Å². The highest BCUT2D eigenvalue weighted by Crippen LogP contribution is 2.34. The van der Waals surface area contributed by atoms with Crippen LogP contribution in [0, 0.1) is 6.92 Å². The van der Waals surface area contributed by atoms with Gasteiger partial charge in [0.25, 0.3) is 0 Å². The Balaban J connectivity index is 2.66. The molecular weight excluding hydrogens is 234 g/mol. The van der Waals surface area contributed by atoms with Gasteiger partial charge < -0.3 is 19.6 Å². The van der Waals surface area contributed by atoms with Gasteiger partial charge in [-0.2, -0.15) is 0 Å². The van der Waals surface area contributed by atoms with Gasteiger partial charge in [-0.15, -0.1) is 0 Å². The molecule has 5 heteroatoms. The molecule has 0 unspecified atom stereocenters. The zero-order valence-electron chi connectivity index (χ0n) is 10.5. The lowest BCUT2D eigenvalue weighted by Crippen LogP contribution is -2.00. The molecule has 0 saturated carbocycles. The van der Waals surface area contributed by atoms with Gasteiger partial charge in [0, 0.05) is 22.7 Å². The van der Waals surface area contributed by atoms with Crippen molar-refractivity contribution in [2.24, 2.45) is 0 Å². The van der Waals surface area contributed by atoms with Crippen molar-refractivity contribution in [3.8, 4) is 11.5 Å². The first kappa shape index (κ1) is 12.3. The fraction of sp³-hybridized carbons (Fsp3) is 0.308. The van der Waals surface area contributed by atoms with Gasteiger partial charge >= 0.3 is 5.97 Å². The van der Waals surface area contributed by atoms with E-state index < -0.39 is 5.97 Å². The summed E-state index contributed by atoms with van der Waals surface area (Å²) in [5, 5.41) is 9.78. The minimum atomic E-state index is -0.853. The summed E-state index contributed by atoms with van der Waals surface area (Å²) in [5.41, 5.74) is 2.47. The molecule has 0 fully saturated rings. The number of ether oxygens (including phenoxy) is 2. The van der Waals surface area contributed by atoms with Gasteiger partial charge in [0.2, 0.25) is 0 Å². The average Bonchev–Trinajstić information content (AvgIpc) is 2.63. The Morgan fingerprint density at radius 3 is 2.44 bits per heavy atom. The molecule has 0 saturated heterocycles. The Labute approximate surface area is 104 Å². The molecule has 0 radical (unpaired) electrons. The van der Waals surface area contributed by atoms with Crippen molar-refractivity contribution < 1.29 is 19.4 Å². The van der Waals surface area contributed by atoms with E-state index in [1.165, 1.54) is 0 Å². The summed E-state index contributed by atoms with van der Waals surface area (Å²) in [5.74, 6) is 0.359. The summed E-state index contributed by atoms with van der Waals surface area (Å²) in [6, 6.07) is 3.61. The van der Waals surface area contributed by atoms with Crippen LogP contribution in [0.1, 0.15) is 11.3 Å². The molecule has 0 amide bonds. The lowest BCUT2D eigenvalue weighted by Gasteiger charge is -2.07. The van der Waals surface area contributed by atoms with Crippen molar-refractivity contribution in [3.63, 3.8) is 0 Å². The van der Waals surface area contributed by atoms with Crippen molar-refractivity contribution >= 4 is 16.9 Å². The molecule has 0 aliphatic carbocycles. The molecule has 5 nitrogen and oxygen atoms in total. The summed E-state index contributed by atoms with van der Waals surface area (Å²) in [4.78, 5) is 14.0. The van der Waals surface area contributed by atoms with Crippen molar-refractivity contribution in [2.45, 2.75) is 13.3 Å². The van der Waals surface area contributed by atoms with Crippen LogP contribution in [0.4, 0.5) is 0 Å². The first-order valence-corrected chi connectivity index (χ1v) is 5.51. The first-order chi connectivity index (χ1) is 8.56. The predicted octanol–water partition coefficient (Wildman–Crippen LogP) is 2.12. The van der Waals surface area contributed by atoms with Crippen molar-refractivity contribution in [3.05, 3.63) is 23.4 Å². The minimum Gasteiger partial charge on any atom is -0.493 e. The smallest absolute Gasteiger partial charge is 0.307 e. The zero-order chi connectivity index (χ0) is 13.3. The summed E-state index contributed by atoms with van der Waals surface area (Å²) < 4.78 is 10.4. The number of rotatable bonds is 4. The summed E-state index contributed by atoms with van der Waals surface area (Å²) in [7, 11) is 3.12. The number of carboxylic acid groups (broad SMARTS) is 1. The van der Waals surface area contributed by atoms with Crippen LogP contribution in [0.2, 0.25) is 0 Å². The molecule has 2 rings (SSSR count). The largest absolute Gasteiger partial charge is 0.493 e. The maximum absolute atomic E-state index is 10.9. The SMILES string of the molecule is COc1cc2[nH]c(C)c(CC(=O)O)c2cc1OC. The number of nitrogens with one attached hydrogen (secondary N) is 1. The summed E-state index contributed by atoms with van der Waals surface area (Å²) in [6.45, 7) is 1.86. The molecule has 0 spiro atoms. The van der Waals surface area contributed by atoms with E-state index in [0.717, 1.165) is 22.2 Å². The van der Waals surface area contributed by atoms with E-state index in [9.17, 15) is 4.79 Å². The van der Waals surface area contributed by atoms with Crippen LogP contribution in [-0.2, 0) is 11.2 Å². The number of aromatic amines is 1. The Kier molecular flexibility index (Phi) is 3.14. The number of aromatic nitrogens is 1. The second kappa shape index (κ2) is 4.60. The Morgan fingerprint density at radius 2 is 1.89 bits per heavy atom. The number of aliphatic carboxylic acids is 1. The molecular formula is C13H15NO4. The topological polar surface area (TPSA) is 71.6 Å². The third kappa shape index (κ3) is 1.99. The van der Waals surface area contributed by atoms with Crippen LogP contribution in [0.5, 0.6) is 11.5 Å². The fourth-order valence-corrected chi connectivity index (χ4v) is 2.09. The number of hydrogen-bond donors (Lipinski definition) is 2. The molecule has 0 aliphatic rings. The summed E-state index contributed by atoms with van der Waals surface area (Å²) >= 11 is 0. The Hall–Kier alpha value is -2.17.